The van der Waals surface area contributed by atoms with Gasteiger partial charge in [0.25, 0.3) is 0 Å². The quantitative estimate of drug-likeness (QED) is 0.774. The van der Waals surface area contributed by atoms with E-state index in [1.54, 1.807) is 6.08 Å². The average Bonchev–Trinajstić information content (AvgIpc) is 2.70. The fraction of sp³-hybridized carbons (Fsp3) is 0.400. The van der Waals surface area contributed by atoms with E-state index in [9.17, 15) is 9.90 Å². The van der Waals surface area contributed by atoms with Gasteiger partial charge in [-0.15, -0.1) is 6.58 Å². The molecule has 0 spiro atoms. The molecule has 0 aliphatic heterocycles. The number of aliphatic hydroxyl groups is 1. The lowest BCUT2D eigenvalue weighted by Crippen LogP contribution is -2.43. The van der Waals surface area contributed by atoms with Crippen molar-refractivity contribution in [2.24, 2.45) is 0 Å². The molecule has 2 N–H and O–H groups in total. The summed E-state index contributed by atoms with van der Waals surface area (Å²) >= 11 is 0. The van der Waals surface area contributed by atoms with E-state index >= 15 is 0 Å². The van der Waals surface area contributed by atoms with E-state index in [1.807, 2.05) is 24.3 Å². The van der Waals surface area contributed by atoms with Crippen LogP contribution in [0.4, 0.5) is 0 Å². The smallest absolute Gasteiger partial charge is 0.220 e. The summed E-state index contributed by atoms with van der Waals surface area (Å²) in [6.07, 6.45) is 4.06. The molecule has 1 amide bonds. The monoisotopic (exact) mass is 245 g/mol. The summed E-state index contributed by atoms with van der Waals surface area (Å²) in [6, 6.07) is 8.03. The van der Waals surface area contributed by atoms with Crippen molar-refractivity contribution in [2.75, 3.05) is 6.54 Å². The molecular weight excluding hydrogens is 226 g/mol. The zero-order chi connectivity index (χ0) is 13.0. The number of carbonyl (C=O) groups is 1. The van der Waals surface area contributed by atoms with Crippen molar-refractivity contribution in [3.63, 3.8) is 0 Å². The van der Waals surface area contributed by atoms with Gasteiger partial charge in [-0.1, -0.05) is 30.3 Å². The summed E-state index contributed by atoms with van der Waals surface area (Å²) < 4.78 is 0. The minimum absolute atomic E-state index is 0.0284. The molecule has 3 heteroatoms. The predicted molar refractivity (Wildman–Crippen MR) is 71.2 cm³/mol. The molecule has 1 aliphatic carbocycles. The lowest BCUT2D eigenvalue weighted by molar-refractivity contribution is -0.122. The maximum absolute atomic E-state index is 11.5. The zero-order valence-corrected chi connectivity index (χ0v) is 10.5. The van der Waals surface area contributed by atoms with E-state index in [1.165, 1.54) is 11.1 Å². The molecule has 96 valence electrons. The number of hydrogen-bond acceptors (Lipinski definition) is 2. The summed E-state index contributed by atoms with van der Waals surface area (Å²) in [6.45, 7) is 3.90. The summed E-state index contributed by atoms with van der Waals surface area (Å²) in [5.41, 5.74) is 1.54. The van der Waals surface area contributed by atoms with Gasteiger partial charge in [0.2, 0.25) is 5.91 Å². The van der Waals surface area contributed by atoms with Crippen molar-refractivity contribution in [2.45, 2.75) is 31.3 Å². The summed E-state index contributed by atoms with van der Waals surface area (Å²) in [7, 11) is 0. The summed E-state index contributed by atoms with van der Waals surface area (Å²) in [5.74, 6) is -0.0284. The molecule has 0 saturated carbocycles. The Hall–Kier alpha value is -1.61. The first kappa shape index (κ1) is 12.8. The van der Waals surface area contributed by atoms with E-state index in [-0.39, 0.29) is 5.91 Å². The average molecular weight is 245 g/mol. The van der Waals surface area contributed by atoms with Crippen molar-refractivity contribution < 1.29 is 9.90 Å². The van der Waals surface area contributed by atoms with Crippen LogP contribution < -0.4 is 5.32 Å². The predicted octanol–water partition coefficient (Wildman–Crippen LogP) is 1.60. The number of allylic oxidation sites excluding steroid dienone is 1. The van der Waals surface area contributed by atoms with E-state index in [0.29, 0.717) is 32.2 Å². The highest BCUT2D eigenvalue weighted by Crippen LogP contribution is 2.29. The molecular formula is C15H19NO2. The van der Waals surface area contributed by atoms with Crippen LogP contribution in [-0.4, -0.2) is 23.2 Å². The van der Waals surface area contributed by atoms with E-state index < -0.39 is 5.60 Å². The first-order valence-electron chi connectivity index (χ1n) is 6.30. The van der Waals surface area contributed by atoms with Crippen molar-refractivity contribution in [1.82, 2.24) is 5.32 Å². The molecule has 0 heterocycles. The second-order valence-electron chi connectivity index (χ2n) is 4.95. The van der Waals surface area contributed by atoms with Gasteiger partial charge >= 0.3 is 0 Å². The van der Waals surface area contributed by atoms with Gasteiger partial charge in [0.05, 0.1) is 5.60 Å². The van der Waals surface area contributed by atoms with Crippen molar-refractivity contribution >= 4 is 5.91 Å². The SMILES string of the molecule is C=CCCC(=O)NCC1(O)Cc2ccccc2C1. The van der Waals surface area contributed by atoms with E-state index in [4.69, 9.17) is 0 Å². The minimum Gasteiger partial charge on any atom is -0.387 e. The molecule has 0 fully saturated rings. The van der Waals surface area contributed by atoms with E-state index in [2.05, 4.69) is 11.9 Å². The molecule has 0 aromatic heterocycles. The zero-order valence-electron chi connectivity index (χ0n) is 10.5. The first-order valence-corrected chi connectivity index (χ1v) is 6.30. The highest BCUT2D eigenvalue weighted by Gasteiger charge is 2.34. The molecule has 0 unspecified atom stereocenters. The minimum atomic E-state index is -0.826. The second kappa shape index (κ2) is 5.36. The van der Waals surface area contributed by atoms with Crippen LogP contribution in [0.25, 0.3) is 0 Å². The van der Waals surface area contributed by atoms with Crippen LogP contribution in [0.3, 0.4) is 0 Å². The van der Waals surface area contributed by atoms with E-state index in [0.717, 1.165) is 0 Å². The van der Waals surface area contributed by atoms with Gasteiger partial charge in [0, 0.05) is 25.8 Å². The number of carbonyl (C=O) groups excluding carboxylic acids is 1. The maximum atomic E-state index is 11.5. The lowest BCUT2D eigenvalue weighted by atomic mass is 10.0. The van der Waals surface area contributed by atoms with Gasteiger partial charge in [0.1, 0.15) is 0 Å². The van der Waals surface area contributed by atoms with Crippen LogP contribution in [0.2, 0.25) is 0 Å². The van der Waals surface area contributed by atoms with Gasteiger partial charge in [-0.2, -0.15) is 0 Å². The Labute approximate surface area is 108 Å². The molecule has 3 nitrogen and oxygen atoms in total. The number of rotatable bonds is 5. The van der Waals surface area contributed by atoms with Crippen LogP contribution in [-0.2, 0) is 17.6 Å². The highest BCUT2D eigenvalue weighted by molar-refractivity contribution is 5.76. The van der Waals surface area contributed by atoms with Crippen molar-refractivity contribution in [1.29, 1.82) is 0 Å². The van der Waals surface area contributed by atoms with Crippen LogP contribution in [0, 0.1) is 0 Å². The first-order chi connectivity index (χ1) is 8.63. The largest absolute Gasteiger partial charge is 0.387 e. The topological polar surface area (TPSA) is 49.3 Å². The summed E-state index contributed by atoms with van der Waals surface area (Å²) in [5, 5.41) is 13.3. The van der Waals surface area contributed by atoms with Crippen LogP contribution in [0.15, 0.2) is 36.9 Å². The van der Waals surface area contributed by atoms with Gasteiger partial charge in [-0.3, -0.25) is 4.79 Å². The Kier molecular flexibility index (Phi) is 3.82. The van der Waals surface area contributed by atoms with Gasteiger partial charge < -0.3 is 10.4 Å². The molecule has 0 atom stereocenters. The molecule has 0 saturated heterocycles. The molecule has 1 aliphatic rings. The van der Waals surface area contributed by atoms with Gasteiger partial charge in [-0.05, 0) is 17.5 Å². The third-order valence-electron chi connectivity index (χ3n) is 3.35. The van der Waals surface area contributed by atoms with Crippen molar-refractivity contribution in [3.8, 4) is 0 Å². The Balaban J connectivity index is 1.88. The number of amides is 1. The van der Waals surface area contributed by atoms with Crippen LogP contribution >= 0.6 is 0 Å². The van der Waals surface area contributed by atoms with Gasteiger partial charge in [-0.25, -0.2) is 0 Å². The second-order valence-corrected chi connectivity index (χ2v) is 4.95. The molecule has 0 radical (unpaired) electrons. The molecule has 0 bridgehead atoms. The third-order valence-corrected chi connectivity index (χ3v) is 3.35. The van der Waals surface area contributed by atoms with Crippen molar-refractivity contribution in [3.05, 3.63) is 48.0 Å². The Morgan fingerprint density at radius 2 is 2.00 bits per heavy atom. The molecule has 2 rings (SSSR count). The summed E-state index contributed by atoms with van der Waals surface area (Å²) in [4.78, 5) is 11.5. The fourth-order valence-corrected chi connectivity index (χ4v) is 2.38. The Bertz CT molecular complexity index is 429. The molecule has 1 aromatic carbocycles. The van der Waals surface area contributed by atoms with Crippen LogP contribution in [0.1, 0.15) is 24.0 Å². The maximum Gasteiger partial charge on any atom is 0.220 e. The fourth-order valence-electron chi connectivity index (χ4n) is 2.38. The number of benzene rings is 1. The molecule has 1 aromatic rings. The number of hydrogen-bond donors (Lipinski definition) is 2. The normalized spacial score (nSPS) is 16.1. The molecule has 18 heavy (non-hydrogen) atoms. The Morgan fingerprint density at radius 1 is 1.39 bits per heavy atom. The standard InChI is InChI=1S/C15H19NO2/c1-2-3-8-14(17)16-11-15(18)9-12-6-4-5-7-13(12)10-15/h2,4-7,18H,1,3,8-11H2,(H,16,17). The lowest BCUT2D eigenvalue weighted by Gasteiger charge is -2.22. The van der Waals surface area contributed by atoms with Gasteiger partial charge in [0.15, 0.2) is 0 Å². The van der Waals surface area contributed by atoms with Crippen LogP contribution in [0.5, 0.6) is 0 Å². The third kappa shape index (κ3) is 2.99. The highest BCUT2D eigenvalue weighted by atomic mass is 16.3. The number of fused-ring (bicyclic) bond motifs is 1. The number of nitrogens with one attached hydrogen (secondary N) is 1. The Morgan fingerprint density at radius 3 is 2.56 bits per heavy atom.